The minimum atomic E-state index is -4.27. The van der Waals surface area contributed by atoms with Gasteiger partial charge in [-0.2, -0.15) is 0 Å². The van der Waals surface area contributed by atoms with Gasteiger partial charge in [-0.05, 0) is 49.2 Å². The molecule has 1 spiro atoms. The van der Waals surface area contributed by atoms with Crippen molar-refractivity contribution in [3.8, 4) is 5.75 Å². The lowest BCUT2D eigenvalue weighted by atomic mass is 9.59. The lowest BCUT2D eigenvalue weighted by molar-refractivity contribution is -0.0805. The molecule has 5 rings (SSSR count). The topological polar surface area (TPSA) is 78.9 Å². The van der Waals surface area contributed by atoms with E-state index in [-0.39, 0.29) is 42.4 Å². The maximum absolute atomic E-state index is 15.4. The Hall–Kier alpha value is -1.64. The fraction of sp³-hybridized carbons (Fsp3) is 0.429. The van der Waals surface area contributed by atoms with Crippen molar-refractivity contribution in [1.29, 1.82) is 0 Å². The second kappa shape index (κ2) is 7.71. The van der Waals surface area contributed by atoms with Gasteiger partial charge in [0, 0.05) is 20.9 Å². The second-order valence-corrected chi connectivity index (χ2v) is 12.0. The summed E-state index contributed by atoms with van der Waals surface area (Å²) in [6.07, 6.45) is 0.962. The van der Waals surface area contributed by atoms with Crippen molar-refractivity contribution >= 4 is 29.7 Å². The van der Waals surface area contributed by atoms with Gasteiger partial charge in [0.05, 0.1) is 17.1 Å². The number of halogens is 3. The van der Waals surface area contributed by atoms with Gasteiger partial charge in [-0.1, -0.05) is 18.0 Å². The molecular weight excluding hydrogens is 485 g/mol. The summed E-state index contributed by atoms with van der Waals surface area (Å²) >= 11 is 5.96. The van der Waals surface area contributed by atoms with Crippen LogP contribution in [0.1, 0.15) is 24.8 Å². The van der Waals surface area contributed by atoms with Crippen LogP contribution >= 0.6 is 19.9 Å². The molecule has 6 nitrogen and oxygen atoms in total. The normalized spacial score (nSPS) is 31.0. The molecule has 2 aromatic carbocycles. The Morgan fingerprint density at radius 1 is 1.00 bits per heavy atom. The number of benzene rings is 2. The van der Waals surface area contributed by atoms with E-state index >= 15 is 4.39 Å². The summed E-state index contributed by atoms with van der Waals surface area (Å²) < 4.78 is 84.7. The molecule has 2 fully saturated rings. The Kier molecular flexibility index (Phi) is 5.34. The number of fused-ring (bicyclic) bond motifs is 4. The van der Waals surface area contributed by atoms with E-state index in [1.165, 1.54) is 24.3 Å². The Morgan fingerprint density at radius 2 is 1.66 bits per heavy atom. The SMILES string of the molecule is O=[P+]1OCC2(CCC[C@@]3(S(=O)(=O)c4ccc(Cl)cc4)c4c(F)ccc(F)c4OC[C@@H]23)CO1. The van der Waals surface area contributed by atoms with Gasteiger partial charge in [-0.25, -0.2) is 17.2 Å². The summed E-state index contributed by atoms with van der Waals surface area (Å²) in [5, 5.41) is 0.348. The smallest absolute Gasteiger partial charge is 0.490 e. The molecule has 32 heavy (non-hydrogen) atoms. The molecule has 1 saturated carbocycles. The third-order valence-corrected chi connectivity index (χ3v) is 10.4. The predicted molar refractivity (Wildman–Crippen MR) is 111 cm³/mol. The van der Waals surface area contributed by atoms with E-state index in [9.17, 15) is 17.4 Å². The minimum absolute atomic E-state index is 0.0274. The fourth-order valence-corrected chi connectivity index (χ4v) is 8.86. The van der Waals surface area contributed by atoms with E-state index in [0.717, 1.165) is 12.1 Å². The highest BCUT2D eigenvalue weighted by molar-refractivity contribution is 7.92. The van der Waals surface area contributed by atoms with E-state index < -0.39 is 45.8 Å². The number of ether oxygens (including phenoxy) is 1. The largest absolute Gasteiger partial charge is 0.697 e. The van der Waals surface area contributed by atoms with Gasteiger partial charge in [0.15, 0.2) is 21.4 Å². The minimum Gasteiger partial charge on any atom is -0.490 e. The molecule has 1 aliphatic carbocycles. The van der Waals surface area contributed by atoms with Gasteiger partial charge in [0.25, 0.3) is 0 Å². The monoisotopic (exact) mass is 503 g/mol. The number of hydrogen-bond donors (Lipinski definition) is 0. The maximum atomic E-state index is 15.4. The van der Waals surface area contributed by atoms with Gasteiger partial charge in [-0.15, -0.1) is 9.05 Å². The number of hydrogen-bond acceptors (Lipinski definition) is 6. The van der Waals surface area contributed by atoms with E-state index in [2.05, 4.69) is 0 Å². The average Bonchev–Trinajstić information content (AvgIpc) is 2.78. The highest BCUT2D eigenvalue weighted by Crippen LogP contribution is 2.63. The first kappa shape index (κ1) is 22.2. The number of rotatable bonds is 2. The summed E-state index contributed by atoms with van der Waals surface area (Å²) in [7, 11) is -6.58. The maximum Gasteiger partial charge on any atom is 0.697 e. The van der Waals surface area contributed by atoms with Crippen LogP contribution < -0.4 is 4.74 Å². The van der Waals surface area contributed by atoms with Gasteiger partial charge in [0.2, 0.25) is 0 Å². The van der Waals surface area contributed by atoms with Gasteiger partial charge in [0.1, 0.15) is 23.8 Å². The molecule has 0 amide bonds. The molecule has 2 aliphatic heterocycles. The molecule has 2 aromatic rings. The van der Waals surface area contributed by atoms with E-state index in [0.29, 0.717) is 17.9 Å². The molecule has 2 heterocycles. The second-order valence-electron chi connectivity index (χ2n) is 8.43. The first-order valence-corrected chi connectivity index (χ1v) is 13.0. The van der Waals surface area contributed by atoms with Crippen molar-refractivity contribution in [3.05, 3.63) is 58.6 Å². The molecule has 3 aliphatic rings. The summed E-state index contributed by atoms with van der Waals surface area (Å²) in [4.78, 5) is -0.0517. The molecule has 0 bridgehead atoms. The first-order valence-electron chi connectivity index (χ1n) is 10.1. The third kappa shape index (κ3) is 3.06. The molecule has 0 aromatic heterocycles. The van der Waals surface area contributed by atoms with Gasteiger partial charge >= 0.3 is 8.25 Å². The zero-order valence-corrected chi connectivity index (χ0v) is 19.2. The number of sulfone groups is 1. The van der Waals surface area contributed by atoms with Crippen LogP contribution in [0.15, 0.2) is 41.3 Å². The van der Waals surface area contributed by atoms with Crippen LogP contribution in [0.4, 0.5) is 8.78 Å². The molecule has 0 radical (unpaired) electrons. The first-order chi connectivity index (χ1) is 15.2. The van der Waals surface area contributed by atoms with Crippen molar-refractivity contribution in [1.82, 2.24) is 0 Å². The van der Waals surface area contributed by atoms with Crippen molar-refractivity contribution in [2.24, 2.45) is 11.3 Å². The van der Waals surface area contributed by atoms with Crippen molar-refractivity contribution < 1.29 is 35.5 Å². The lowest BCUT2D eigenvalue weighted by Crippen LogP contribution is -2.61. The van der Waals surface area contributed by atoms with Crippen LogP contribution in [-0.4, -0.2) is 28.2 Å². The Bertz CT molecular complexity index is 1200. The molecule has 2 atom stereocenters. The Labute approximate surface area is 189 Å². The highest BCUT2D eigenvalue weighted by Gasteiger charge is 2.67. The highest BCUT2D eigenvalue weighted by atomic mass is 35.5. The average molecular weight is 504 g/mol. The zero-order chi connectivity index (χ0) is 22.7. The standard InChI is InChI=1S/C21H19ClF2O6PS/c22-13-2-4-14(5-3-13)32(26,27)21-9-1-8-20(11-29-31(25)30-12-20)17(21)10-28-19-16(24)7-6-15(23)18(19)21/h2-7,17H,1,8-12H2/q+1/t17-,21-/m0/s1. The van der Waals surface area contributed by atoms with Crippen LogP contribution in [-0.2, 0) is 28.2 Å². The van der Waals surface area contributed by atoms with Crippen LogP contribution in [0, 0.1) is 23.0 Å². The van der Waals surface area contributed by atoms with E-state index in [1.807, 2.05) is 0 Å². The van der Waals surface area contributed by atoms with Gasteiger partial charge in [-0.3, -0.25) is 0 Å². The lowest BCUT2D eigenvalue weighted by Gasteiger charge is -2.55. The molecule has 0 unspecified atom stereocenters. The van der Waals surface area contributed by atoms with Crippen LogP contribution in [0.5, 0.6) is 5.75 Å². The Morgan fingerprint density at radius 3 is 2.34 bits per heavy atom. The predicted octanol–water partition coefficient (Wildman–Crippen LogP) is 5.17. The summed E-state index contributed by atoms with van der Waals surface area (Å²) in [6.45, 7) is -0.232. The molecule has 1 saturated heterocycles. The fourth-order valence-electron chi connectivity index (χ4n) is 5.46. The summed E-state index contributed by atoms with van der Waals surface area (Å²) in [6, 6.07) is 7.46. The van der Waals surface area contributed by atoms with Crippen LogP contribution in [0.3, 0.4) is 0 Å². The third-order valence-electron chi connectivity index (χ3n) is 6.92. The zero-order valence-electron chi connectivity index (χ0n) is 16.7. The molecule has 11 heteroatoms. The quantitative estimate of drug-likeness (QED) is 0.526. The van der Waals surface area contributed by atoms with Crippen molar-refractivity contribution in [3.63, 3.8) is 0 Å². The van der Waals surface area contributed by atoms with E-state index in [4.69, 9.17) is 25.4 Å². The van der Waals surface area contributed by atoms with Gasteiger partial charge < -0.3 is 4.74 Å². The van der Waals surface area contributed by atoms with Crippen molar-refractivity contribution in [2.75, 3.05) is 19.8 Å². The summed E-state index contributed by atoms with van der Waals surface area (Å²) in [5.74, 6) is -2.90. The molecule has 170 valence electrons. The van der Waals surface area contributed by atoms with Crippen LogP contribution in [0.2, 0.25) is 5.02 Å². The van der Waals surface area contributed by atoms with Crippen LogP contribution in [0.25, 0.3) is 0 Å². The van der Waals surface area contributed by atoms with E-state index in [1.54, 1.807) is 0 Å². The molecule has 0 N–H and O–H groups in total. The van der Waals surface area contributed by atoms with Crippen molar-refractivity contribution in [2.45, 2.75) is 28.9 Å². The summed E-state index contributed by atoms with van der Waals surface area (Å²) in [5.41, 5.74) is -1.20. The molecular formula is C21H19ClF2O6PS+. The Balaban J connectivity index is 1.79.